The van der Waals surface area contributed by atoms with Crippen LogP contribution in [0.2, 0.25) is 0 Å². The van der Waals surface area contributed by atoms with Crippen LogP contribution in [0.4, 0.5) is 11.4 Å². The van der Waals surface area contributed by atoms with E-state index in [1.165, 1.54) is 16.7 Å². The first-order chi connectivity index (χ1) is 14.0. The van der Waals surface area contributed by atoms with Crippen LogP contribution in [-0.4, -0.2) is 47.9 Å². The number of nitrogens with zero attached hydrogens (tertiary/aromatic N) is 2. The molecule has 1 heterocycles. The van der Waals surface area contributed by atoms with Crippen LogP contribution in [-0.2, 0) is 9.59 Å². The minimum Gasteiger partial charge on any atom is -0.497 e. The molecular formula is C21H23N3O4S. The van der Waals surface area contributed by atoms with Gasteiger partial charge in [0.15, 0.2) is 5.17 Å². The van der Waals surface area contributed by atoms with Crippen LogP contribution in [0.15, 0.2) is 53.5 Å². The third-order valence-electron chi connectivity index (χ3n) is 4.29. The van der Waals surface area contributed by atoms with E-state index in [1.54, 1.807) is 62.7 Å². The summed E-state index contributed by atoms with van der Waals surface area (Å²) in [5, 5.41) is 2.79. The van der Waals surface area contributed by atoms with Gasteiger partial charge in [0.25, 0.3) is 0 Å². The lowest BCUT2D eigenvalue weighted by molar-refractivity contribution is -0.128. The summed E-state index contributed by atoms with van der Waals surface area (Å²) in [4.78, 5) is 31.1. The highest BCUT2D eigenvalue weighted by molar-refractivity contribution is 8.15. The molecule has 1 unspecified atom stereocenters. The molecule has 1 fully saturated rings. The zero-order valence-electron chi connectivity index (χ0n) is 16.5. The monoisotopic (exact) mass is 413 g/mol. The van der Waals surface area contributed by atoms with E-state index in [-0.39, 0.29) is 18.2 Å². The summed E-state index contributed by atoms with van der Waals surface area (Å²) < 4.78 is 10.5. The van der Waals surface area contributed by atoms with Crippen LogP contribution in [0, 0.1) is 0 Å². The average Bonchev–Trinajstić information content (AvgIpc) is 2.73. The first kappa shape index (κ1) is 20.7. The number of hydrogen-bond donors (Lipinski definition) is 1. The molecule has 2 amide bonds. The molecule has 0 aliphatic carbocycles. The third-order valence-corrected chi connectivity index (χ3v) is 5.53. The van der Waals surface area contributed by atoms with Gasteiger partial charge in [-0.3, -0.25) is 14.5 Å². The Morgan fingerprint density at radius 1 is 1.17 bits per heavy atom. The first-order valence-corrected chi connectivity index (χ1v) is 10.1. The summed E-state index contributed by atoms with van der Waals surface area (Å²) in [5.41, 5.74) is 1.33. The SMILES string of the molecule is CCOc1ccc(NC(=O)C2CC(=O)N(C)C(=Nc3ccc(OC)cc3)S2)cc1. The number of hydrogen-bond acceptors (Lipinski definition) is 6. The van der Waals surface area contributed by atoms with Crippen molar-refractivity contribution in [1.82, 2.24) is 4.90 Å². The number of anilines is 1. The summed E-state index contributed by atoms with van der Waals surface area (Å²) in [6.07, 6.45) is 0.117. The predicted molar refractivity (Wildman–Crippen MR) is 115 cm³/mol. The molecular weight excluding hydrogens is 390 g/mol. The summed E-state index contributed by atoms with van der Waals surface area (Å²) in [7, 11) is 3.26. The van der Waals surface area contributed by atoms with Gasteiger partial charge in [-0.15, -0.1) is 0 Å². The number of ether oxygens (including phenoxy) is 2. The number of methoxy groups -OCH3 is 1. The molecule has 2 aromatic carbocycles. The van der Waals surface area contributed by atoms with Gasteiger partial charge in [-0.05, 0) is 55.5 Å². The van der Waals surface area contributed by atoms with E-state index < -0.39 is 5.25 Å². The largest absolute Gasteiger partial charge is 0.497 e. The number of amidine groups is 1. The predicted octanol–water partition coefficient (Wildman–Crippen LogP) is 3.68. The van der Waals surface area contributed by atoms with Gasteiger partial charge in [-0.1, -0.05) is 11.8 Å². The van der Waals surface area contributed by atoms with E-state index in [2.05, 4.69) is 10.3 Å². The summed E-state index contributed by atoms with van der Waals surface area (Å²) >= 11 is 1.27. The molecule has 1 N–H and O–H groups in total. The lowest BCUT2D eigenvalue weighted by Crippen LogP contribution is -2.43. The maximum atomic E-state index is 12.7. The second kappa shape index (κ2) is 9.47. The lowest BCUT2D eigenvalue weighted by atomic mass is 10.2. The standard InChI is InChI=1S/C21H23N3O4S/c1-4-28-17-11-7-14(8-12-17)22-20(26)18-13-19(25)24(2)21(29-18)23-15-5-9-16(27-3)10-6-15/h5-12,18H,4,13H2,1-3H3,(H,22,26). The van der Waals surface area contributed by atoms with E-state index in [0.717, 1.165) is 11.5 Å². The normalized spacial score (nSPS) is 17.9. The number of benzene rings is 2. The van der Waals surface area contributed by atoms with Crippen molar-refractivity contribution in [3.63, 3.8) is 0 Å². The van der Waals surface area contributed by atoms with Gasteiger partial charge in [0.1, 0.15) is 16.7 Å². The molecule has 7 nitrogen and oxygen atoms in total. The maximum absolute atomic E-state index is 12.7. The molecule has 3 rings (SSSR count). The van der Waals surface area contributed by atoms with Crippen LogP contribution >= 0.6 is 11.8 Å². The van der Waals surface area contributed by atoms with Crippen molar-refractivity contribution in [3.05, 3.63) is 48.5 Å². The zero-order valence-corrected chi connectivity index (χ0v) is 17.4. The van der Waals surface area contributed by atoms with Gasteiger partial charge in [-0.2, -0.15) is 0 Å². The van der Waals surface area contributed by atoms with E-state index in [0.29, 0.717) is 23.1 Å². The number of thioether (sulfide) groups is 1. The van der Waals surface area contributed by atoms with Crippen molar-refractivity contribution in [2.75, 3.05) is 26.1 Å². The second-order valence-electron chi connectivity index (χ2n) is 6.30. The zero-order chi connectivity index (χ0) is 20.8. The molecule has 1 aliphatic heterocycles. The lowest BCUT2D eigenvalue weighted by Gasteiger charge is -2.28. The minimum absolute atomic E-state index is 0.117. The average molecular weight is 413 g/mol. The molecule has 152 valence electrons. The number of carbonyl (C=O) groups is 2. The highest BCUT2D eigenvalue weighted by atomic mass is 32.2. The van der Waals surface area contributed by atoms with Crippen molar-refractivity contribution >= 4 is 40.1 Å². The highest BCUT2D eigenvalue weighted by Crippen LogP contribution is 2.29. The first-order valence-electron chi connectivity index (χ1n) is 9.20. The number of amides is 2. The smallest absolute Gasteiger partial charge is 0.238 e. The fourth-order valence-corrected chi connectivity index (χ4v) is 3.75. The van der Waals surface area contributed by atoms with Crippen LogP contribution in [0.5, 0.6) is 11.5 Å². The number of aliphatic imine (C=N–C) groups is 1. The van der Waals surface area contributed by atoms with Gasteiger partial charge in [0.05, 0.1) is 19.4 Å². The van der Waals surface area contributed by atoms with Gasteiger partial charge < -0.3 is 14.8 Å². The van der Waals surface area contributed by atoms with E-state index >= 15 is 0 Å². The molecule has 0 radical (unpaired) electrons. The molecule has 1 atom stereocenters. The summed E-state index contributed by atoms with van der Waals surface area (Å²) in [6.45, 7) is 2.49. The third kappa shape index (κ3) is 5.29. The summed E-state index contributed by atoms with van der Waals surface area (Å²) in [5.74, 6) is 1.08. The molecule has 0 spiro atoms. The Morgan fingerprint density at radius 2 is 1.83 bits per heavy atom. The molecule has 2 aromatic rings. The van der Waals surface area contributed by atoms with Crippen LogP contribution < -0.4 is 14.8 Å². The second-order valence-corrected chi connectivity index (χ2v) is 7.47. The molecule has 0 saturated carbocycles. The van der Waals surface area contributed by atoms with Gasteiger partial charge in [-0.25, -0.2) is 4.99 Å². The van der Waals surface area contributed by atoms with Crippen molar-refractivity contribution < 1.29 is 19.1 Å². The molecule has 0 aromatic heterocycles. The van der Waals surface area contributed by atoms with E-state index in [4.69, 9.17) is 9.47 Å². The van der Waals surface area contributed by atoms with Gasteiger partial charge in [0, 0.05) is 19.2 Å². The fourth-order valence-electron chi connectivity index (χ4n) is 2.69. The van der Waals surface area contributed by atoms with Gasteiger partial charge >= 0.3 is 0 Å². The Bertz CT molecular complexity index is 897. The minimum atomic E-state index is -0.553. The molecule has 1 aliphatic rings. The van der Waals surface area contributed by atoms with Crippen molar-refractivity contribution in [2.24, 2.45) is 4.99 Å². The van der Waals surface area contributed by atoms with Crippen molar-refractivity contribution in [2.45, 2.75) is 18.6 Å². The summed E-state index contributed by atoms with van der Waals surface area (Å²) in [6, 6.07) is 14.3. The van der Waals surface area contributed by atoms with E-state index in [9.17, 15) is 9.59 Å². The van der Waals surface area contributed by atoms with E-state index in [1.807, 2.05) is 6.92 Å². The number of carbonyl (C=O) groups excluding carboxylic acids is 2. The highest BCUT2D eigenvalue weighted by Gasteiger charge is 2.34. The maximum Gasteiger partial charge on any atom is 0.238 e. The Morgan fingerprint density at radius 3 is 2.45 bits per heavy atom. The molecule has 0 bridgehead atoms. The van der Waals surface area contributed by atoms with Crippen LogP contribution in [0.3, 0.4) is 0 Å². The van der Waals surface area contributed by atoms with Gasteiger partial charge in [0.2, 0.25) is 11.8 Å². The fraction of sp³-hybridized carbons (Fsp3) is 0.286. The molecule has 8 heteroatoms. The topological polar surface area (TPSA) is 80.2 Å². The van der Waals surface area contributed by atoms with Crippen LogP contribution in [0.25, 0.3) is 0 Å². The Kier molecular flexibility index (Phi) is 6.77. The quantitative estimate of drug-likeness (QED) is 0.781. The van der Waals surface area contributed by atoms with Crippen LogP contribution in [0.1, 0.15) is 13.3 Å². The Labute approximate surface area is 174 Å². The molecule has 29 heavy (non-hydrogen) atoms. The Balaban J connectivity index is 1.71. The Hall–Kier alpha value is -3.00. The van der Waals surface area contributed by atoms with Crippen molar-refractivity contribution in [1.29, 1.82) is 0 Å². The number of rotatable bonds is 6. The van der Waals surface area contributed by atoms with Crippen molar-refractivity contribution in [3.8, 4) is 11.5 Å². The molecule has 1 saturated heterocycles. The number of nitrogens with one attached hydrogen (secondary N) is 1.